The van der Waals surface area contributed by atoms with E-state index >= 15 is 0 Å². The molecule has 1 saturated heterocycles. The van der Waals surface area contributed by atoms with Crippen molar-refractivity contribution in [2.45, 2.75) is 6.10 Å². The van der Waals surface area contributed by atoms with Crippen LogP contribution in [0, 0.1) is 10.1 Å². The Morgan fingerprint density at radius 2 is 2.47 bits per heavy atom. The maximum Gasteiger partial charge on any atom is 0.363 e. The molecule has 92 valence electrons. The Morgan fingerprint density at radius 3 is 3.06 bits per heavy atom. The van der Waals surface area contributed by atoms with Crippen LogP contribution in [0.3, 0.4) is 0 Å². The Morgan fingerprint density at radius 1 is 1.65 bits per heavy atom. The van der Waals surface area contributed by atoms with Crippen molar-refractivity contribution in [2.75, 3.05) is 31.2 Å². The molecule has 17 heavy (non-hydrogen) atoms. The highest BCUT2D eigenvalue weighted by molar-refractivity contribution is 5.46. The molecule has 7 nitrogen and oxygen atoms in total. The molecule has 0 saturated carbocycles. The van der Waals surface area contributed by atoms with Crippen molar-refractivity contribution in [1.82, 2.24) is 4.98 Å². The van der Waals surface area contributed by atoms with E-state index in [9.17, 15) is 10.1 Å². The molecular weight excluding hydrogens is 226 g/mol. The second kappa shape index (κ2) is 5.07. The maximum absolute atomic E-state index is 10.5. The van der Waals surface area contributed by atoms with E-state index in [4.69, 9.17) is 9.84 Å². The van der Waals surface area contributed by atoms with E-state index in [0.29, 0.717) is 19.7 Å². The third-order valence-electron chi connectivity index (χ3n) is 2.63. The smallest absolute Gasteiger partial charge is 0.363 e. The van der Waals surface area contributed by atoms with Crippen molar-refractivity contribution < 1.29 is 14.8 Å². The van der Waals surface area contributed by atoms with Crippen LogP contribution in [0.5, 0.6) is 0 Å². The van der Waals surface area contributed by atoms with Gasteiger partial charge in [-0.1, -0.05) is 0 Å². The molecule has 0 radical (unpaired) electrons. The Labute approximate surface area is 97.8 Å². The quantitative estimate of drug-likeness (QED) is 0.598. The molecule has 1 fully saturated rings. The number of nitro groups is 1. The number of rotatable bonds is 3. The highest BCUT2D eigenvalue weighted by atomic mass is 16.6. The minimum Gasteiger partial charge on any atom is -0.394 e. The molecule has 0 aliphatic carbocycles. The normalized spacial score (nSPS) is 20.3. The summed E-state index contributed by atoms with van der Waals surface area (Å²) in [5.41, 5.74) is 0.803. The summed E-state index contributed by atoms with van der Waals surface area (Å²) in [6.07, 6.45) is 1.26. The highest BCUT2D eigenvalue weighted by Gasteiger charge is 2.21. The monoisotopic (exact) mass is 239 g/mol. The first-order chi connectivity index (χ1) is 8.20. The zero-order valence-corrected chi connectivity index (χ0v) is 9.15. The van der Waals surface area contributed by atoms with Gasteiger partial charge >= 0.3 is 5.82 Å². The molecule has 1 aliphatic rings. The number of ether oxygens (including phenoxy) is 1. The fourth-order valence-corrected chi connectivity index (χ4v) is 1.74. The zero-order chi connectivity index (χ0) is 12.3. The number of nitrogens with zero attached hydrogens (tertiary/aromatic N) is 3. The van der Waals surface area contributed by atoms with Gasteiger partial charge in [0, 0.05) is 19.2 Å². The molecule has 2 rings (SSSR count). The predicted octanol–water partition coefficient (Wildman–Crippen LogP) is 0.187. The lowest BCUT2D eigenvalue weighted by molar-refractivity contribution is -0.389. The van der Waals surface area contributed by atoms with Crippen LogP contribution in [-0.4, -0.2) is 47.4 Å². The van der Waals surface area contributed by atoms with Crippen LogP contribution in [-0.2, 0) is 4.74 Å². The summed E-state index contributed by atoms with van der Waals surface area (Å²) in [6, 6.07) is 3.03. The van der Waals surface area contributed by atoms with E-state index < -0.39 is 4.92 Å². The Balaban J connectivity index is 2.08. The highest BCUT2D eigenvalue weighted by Crippen LogP contribution is 2.18. The molecule has 0 unspecified atom stereocenters. The summed E-state index contributed by atoms with van der Waals surface area (Å²) in [5.74, 6) is -0.166. The van der Waals surface area contributed by atoms with Crippen LogP contribution in [0.25, 0.3) is 0 Å². The van der Waals surface area contributed by atoms with Gasteiger partial charge in [0.05, 0.1) is 25.0 Å². The molecule has 0 bridgehead atoms. The van der Waals surface area contributed by atoms with E-state index in [2.05, 4.69) is 4.98 Å². The number of aromatic nitrogens is 1. The van der Waals surface area contributed by atoms with E-state index in [1.807, 2.05) is 4.90 Å². The average molecular weight is 239 g/mol. The average Bonchev–Trinajstić information content (AvgIpc) is 2.39. The fraction of sp³-hybridized carbons (Fsp3) is 0.500. The van der Waals surface area contributed by atoms with Gasteiger partial charge in [0.1, 0.15) is 0 Å². The second-order valence-electron chi connectivity index (χ2n) is 3.75. The van der Waals surface area contributed by atoms with Gasteiger partial charge in [-0.2, -0.15) is 0 Å². The molecule has 2 heterocycles. The standard InChI is InChI=1S/C10H13N3O4/c14-7-9-6-12(3-4-17-9)8-1-2-10(11-5-8)13(15)16/h1-2,5,9,14H,3-4,6-7H2/t9-/m0/s1. The minimum absolute atomic E-state index is 0.0308. The largest absolute Gasteiger partial charge is 0.394 e. The fourth-order valence-electron chi connectivity index (χ4n) is 1.74. The van der Waals surface area contributed by atoms with Gasteiger partial charge in [-0.15, -0.1) is 0 Å². The first kappa shape index (κ1) is 11.7. The van der Waals surface area contributed by atoms with Gasteiger partial charge in [0.15, 0.2) is 6.20 Å². The number of morpholine rings is 1. The lowest BCUT2D eigenvalue weighted by Gasteiger charge is -2.32. The summed E-state index contributed by atoms with van der Waals surface area (Å²) in [5, 5.41) is 19.5. The third kappa shape index (κ3) is 2.69. The molecule has 7 heteroatoms. The number of aliphatic hydroxyl groups is 1. The van der Waals surface area contributed by atoms with Gasteiger partial charge in [0.25, 0.3) is 0 Å². The summed E-state index contributed by atoms with van der Waals surface area (Å²) in [4.78, 5) is 15.7. The Kier molecular flexibility index (Phi) is 3.50. The first-order valence-electron chi connectivity index (χ1n) is 5.28. The molecule has 1 N–H and O–H groups in total. The first-order valence-corrected chi connectivity index (χ1v) is 5.28. The van der Waals surface area contributed by atoms with Crippen molar-refractivity contribution in [3.63, 3.8) is 0 Å². The van der Waals surface area contributed by atoms with Crippen LogP contribution in [0.15, 0.2) is 18.3 Å². The van der Waals surface area contributed by atoms with Crippen LogP contribution < -0.4 is 4.90 Å². The number of hydrogen-bond donors (Lipinski definition) is 1. The SMILES string of the molecule is O=[N+]([O-])c1ccc(N2CCO[C@H](CO)C2)cn1. The van der Waals surface area contributed by atoms with Crippen molar-refractivity contribution in [1.29, 1.82) is 0 Å². The maximum atomic E-state index is 10.5. The van der Waals surface area contributed by atoms with Crippen molar-refractivity contribution in [2.24, 2.45) is 0 Å². The molecule has 1 aromatic rings. The van der Waals surface area contributed by atoms with Crippen LogP contribution in [0.1, 0.15) is 0 Å². The van der Waals surface area contributed by atoms with Crippen molar-refractivity contribution in [3.8, 4) is 0 Å². The molecule has 1 aliphatic heterocycles. The Bertz CT molecular complexity index is 395. The van der Waals surface area contributed by atoms with Crippen LogP contribution >= 0.6 is 0 Å². The molecule has 0 spiro atoms. The van der Waals surface area contributed by atoms with Gasteiger partial charge in [-0.05, 0) is 16.0 Å². The third-order valence-corrected chi connectivity index (χ3v) is 2.63. The molecular formula is C10H13N3O4. The van der Waals surface area contributed by atoms with E-state index in [-0.39, 0.29) is 18.5 Å². The lowest BCUT2D eigenvalue weighted by atomic mass is 10.2. The molecule has 1 aromatic heterocycles. The van der Waals surface area contributed by atoms with Crippen molar-refractivity contribution >= 4 is 11.5 Å². The second-order valence-corrected chi connectivity index (χ2v) is 3.75. The minimum atomic E-state index is -0.528. The van der Waals surface area contributed by atoms with E-state index in [1.54, 1.807) is 6.07 Å². The zero-order valence-electron chi connectivity index (χ0n) is 9.15. The summed E-state index contributed by atoms with van der Waals surface area (Å²) in [7, 11) is 0. The number of aliphatic hydroxyl groups excluding tert-OH is 1. The van der Waals surface area contributed by atoms with E-state index in [1.165, 1.54) is 12.3 Å². The lowest BCUT2D eigenvalue weighted by Crippen LogP contribution is -2.44. The van der Waals surface area contributed by atoms with Gasteiger partial charge < -0.3 is 24.9 Å². The Hall–Kier alpha value is -1.73. The number of hydrogen-bond acceptors (Lipinski definition) is 6. The molecule has 0 amide bonds. The van der Waals surface area contributed by atoms with Gasteiger partial charge in [0.2, 0.25) is 0 Å². The summed E-state index contributed by atoms with van der Waals surface area (Å²) in [6.45, 7) is 1.76. The summed E-state index contributed by atoms with van der Waals surface area (Å²) < 4.78 is 5.32. The van der Waals surface area contributed by atoms with Crippen molar-refractivity contribution in [3.05, 3.63) is 28.4 Å². The number of pyridine rings is 1. The van der Waals surface area contributed by atoms with Crippen LogP contribution in [0.4, 0.5) is 11.5 Å². The predicted molar refractivity (Wildman–Crippen MR) is 59.9 cm³/mol. The van der Waals surface area contributed by atoms with E-state index in [0.717, 1.165) is 5.69 Å². The molecule has 0 aromatic carbocycles. The van der Waals surface area contributed by atoms with Crippen LogP contribution in [0.2, 0.25) is 0 Å². The molecule has 1 atom stereocenters. The number of anilines is 1. The van der Waals surface area contributed by atoms with Gasteiger partial charge in [-0.25, -0.2) is 0 Å². The summed E-state index contributed by atoms with van der Waals surface area (Å²) >= 11 is 0. The topological polar surface area (TPSA) is 88.7 Å². The van der Waals surface area contributed by atoms with Gasteiger partial charge in [-0.3, -0.25) is 0 Å².